The van der Waals surface area contributed by atoms with Crippen LogP contribution in [0.5, 0.6) is 0 Å². The van der Waals surface area contributed by atoms with Gasteiger partial charge in [-0.3, -0.25) is 4.98 Å². The van der Waals surface area contributed by atoms with Gasteiger partial charge in [-0.05, 0) is 31.2 Å². The monoisotopic (exact) mass is 262 g/mol. The van der Waals surface area contributed by atoms with Crippen molar-refractivity contribution in [1.29, 1.82) is 0 Å². The lowest BCUT2D eigenvalue weighted by molar-refractivity contribution is 1.06. The third-order valence-corrected chi connectivity index (χ3v) is 2.84. The number of aryl methyl sites for hydroxylation is 1. The van der Waals surface area contributed by atoms with Crippen molar-refractivity contribution in [2.45, 2.75) is 6.92 Å². The molecule has 0 bridgehead atoms. The number of nitrogens with zero attached hydrogens (tertiary/aromatic N) is 3. The van der Waals surface area contributed by atoms with E-state index in [4.69, 9.17) is 0 Å². The third-order valence-electron chi connectivity index (χ3n) is 2.84. The molecule has 0 amide bonds. The van der Waals surface area contributed by atoms with Crippen LogP contribution in [-0.2, 0) is 0 Å². The molecule has 0 aliphatic rings. The van der Waals surface area contributed by atoms with Gasteiger partial charge in [-0.2, -0.15) is 0 Å². The predicted molar refractivity (Wildman–Crippen MR) is 79.7 cm³/mol. The Kier molecular flexibility index (Phi) is 3.37. The normalized spacial score (nSPS) is 10.2. The molecule has 0 unspecified atom stereocenters. The van der Waals surface area contributed by atoms with E-state index >= 15 is 0 Å². The summed E-state index contributed by atoms with van der Waals surface area (Å²) in [5, 5.41) is 3.28. The second-order valence-electron chi connectivity index (χ2n) is 4.42. The summed E-state index contributed by atoms with van der Waals surface area (Å²) < 4.78 is 0. The van der Waals surface area contributed by atoms with Crippen LogP contribution in [0, 0.1) is 6.92 Å². The van der Waals surface area contributed by atoms with Crippen LogP contribution in [0.25, 0.3) is 11.3 Å². The molecule has 3 aromatic rings. The first-order chi connectivity index (χ1) is 9.81. The number of hydrogen-bond donors (Lipinski definition) is 1. The summed E-state index contributed by atoms with van der Waals surface area (Å²) in [5.41, 5.74) is 2.85. The molecule has 0 spiro atoms. The van der Waals surface area contributed by atoms with Crippen molar-refractivity contribution in [2.75, 3.05) is 5.32 Å². The van der Waals surface area contributed by atoms with E-state index < -0.39 is 0 Å². The van der Waals surface area contributed by atoms with Crippen LogP contribution in [0.15, 0.2) is 60.9 Å². The molecule has 1 aromatic carbocycles. The molecule has 4 nitrogen and oxygen atoms in total. The van der Waals surface area contributed by atoms with Gasteiger partial charge in [-0.1, -0.05) is 18.2 Å². The number of pyridine rings is 1. The summed E-state index contributed by atoms with van der Waals surface area (Å²) in [6, 6.07) is 15.8. The lowest BCUT2D eigenvalue weighted by Gasteiger charge is -2.08. The average molecular weight is 262 g/mol. The largest absolute Gasteiger partial charge is 0.340 e. The highest BCUT2D eigenvalue weighted by atomic mass is 15.0. The standard InChI is InChI=1S/C16H14N4/c1-12-18-15(13-6-5-9-17-11-13)10-16(19-12)20-14-7-3-2-4-8-14/h2-11H,1H3,(H,18,19,20). The molecule has 0 atom stereocenters. The van der Waals surface area contributed by atoms with Crippen LogP contribution < -0.4 is 5.32 Å². The zero-order chi connectivity index (χ0) is 13.8. The smallest absolute Gasteiger partial charge is 0.134 e. The second kappa shape index (κ2) is 5.48. The van der Waals surface area contributed by atoms with Crippen LogP contribution in [0.4, 0.5) is 11.5 Å². The first-order valence-electron chi connectivity index (χ1n) is 6.39. The van der Waals surface area contributed by atoms with Crippen molar-refractivity contribution in [3.8, 4) is 11.3 Å². The fraction of sp³-hybridized carbons (Fsp3) is 0.0625. The molecular formula is C16H14N4. The Hall–Kier alpha value is -2.75. The summed E-state index contributed by atoms with van der Waals surface area (Å²) in [6.07, 6.45) is 3.55. The van der Waals surface area contributed by atoms with Gasteiger partial charge in [0.25, 0.3) is 0 Å². The highest BCUT2D eigenvalue weighted by Gasteiger charge is 2.04. The highest BCUT2D eigenvalue weighted by Crippen LogP contribution is 2.21. The van der Waals surface area contributed by atoms with Crippen molar-refractivity contribution < 1.29 is 0 Å². The first-order valence-corrected chi connectivity index (χ1v) is 6.39. The minimum atomic E-state index is 0.727. The molecule has 0 fully saturated rings. The predicted octanol–water partition coefficient (Wildman–Crippen LogP) is 3.59. The molecule has 98 valence electrons. The van der Waals surface area contributed by atoms with Crippen LogP contribution in [0.3, 0.4) is 0 Å². The SMILES string of the molecule is Cc1nc(Nc2ccccc2)cc(-c2cccnc2)n1. The highest BCUT2D eigenvalue weighted by molar-refractivity contribution is 5.64. The Balaban J connectivity index is 1.95. The third kappa shape index (κ3) is 2.80. The number of hydrogen-bond acceptors (Lipinski definition) is 4. The number of para-hydroxylation sites is 1. The Labute approximate surface area is 117 Å². The Morgan fingerprint density at radius 2 is 1.80 bits per heavy atom. The Morgan fingerprint density at radius 3 is 2.55 bits per heavy atom. The van der Waals surface area contributed by atoms with Crippen molar-refractivity contribution in [1.82, 2.24) is 15.0 Å². The lowest BCUT2D eigenvalue weighted by Crippen LogP contribution is -1.98. The number of rotatable bonds is 3. The van der Waals surface area contributed by atoms with E-state index in [0.717, 1.165) is 28.6 Å². The van der Waals surface area contributed by atoms with E-state index in [1.807, 2.05) is 55.5 Å². The van der Waals surface area contributed by atoms with E-state index in [9.17, 15) is 0 Å². The fourth-order valence-electron chi connectivity index (χ4n) is 1.96. The number of anilines is 2. The maximum absolute atomic E-state index is 4.45. The second-order valence-corrected chi connectivity index (χ2v) is 4.42. The Bertz CT molecular complexity index is 696. The van der Waals surface area contributed by atoms with Crippen molar-refractivity contribution in [3.05, 3.63) is 66.7 Å². The molecule has 20 heavy (non-hydrogen) atoms. The van der Waals surface area contributed by atoms with Crippen molar-refractivity contribution >= 4 is 11.5 Å². The van der Waals surface area contributed by atoms with Gasteiger partial charge in [0.05, 0.1) is 5.69 Å². The van der Waals surface area contributed by atoms with E-state index in [1.54, 1.807) is 12.4 Å². The number of nitrogens with one attached hydrogen (secondary N) is 1. The molecular weight excluding hydrogens is 248 g/mol. The van der Waals surface area contributed by atoms with Crippen LogP contribution in [-0.4, -0.2) is 15.0 Å². The van der Waals surface area contributed by atoms with E-state index in [-0.39, 0.29) is 0 Å². The van der Waals surface area contributed by atoms with Crippen LogP contribution >= 0.6 is 0 Å². The minimum absolute atomic E-state index is 0.727. The van der Waals surface area contributed by atoms with Crippen molar-refractivity contribution in [2.24, 2.45) is 0 Å². The fourth-order valence-corrected chi connectivity index (χ4v) is 1.96. The van der Waals surface area contributed by atoms with Gasteiger partial charge in [-0.15, -0.1) is 0 Å². The van der Waals surface area contributed by atoms with Gasteiger partial charge in [0.15, 0.2) is 0 Å². The maximum Gasteiger partial charge on any atom is 0.134 e. The molecule has 0 radical (unpaired) electrons. The molecule has 2 heterocycles. The molecule has 0 saturated heterocycles. The van der Waals surface area contributed by atoms with E-state index in [1.165, 1.54) is 0 Å². The summed E-state index contributed by atoms with van der Waals surface area (Å²) in [4.78, 5) is 13.0. The molecule has 2 aromatic heterocycles. The molecule has 0 aliphatic heterocycles. The molecule has 0 saturated carbocycles. The summed E-state index contributed by atoms with van der Waals surface area (Å²) in [5.74, 6) is 1.51. The van der Waals surface area contributed by atoms with E-state index in [2.05, 4.69) is 20.3 Å². The van der Waals surface area contributed by atoms with Gasteiger partial charge in [-0.25, -0.2) is 9.97 Å². The minimum Gasteiger partial charge on any atom is -0.340 e. The topological polar surface area (TPSA) is 50.7 Å². The quantitative estimate of drug-likeness (QED) is 0.783. The Morgan fingerprint density at radius 1 is 0.950 bits per heavy atom. The van der Waals surface area contributed by atoms with E-state index in [0.29, 0.717) is 0 Å². The first kappa shape index (κ1) is 12.3. The van der Waals surface area contributed by atoms with Crippen molar-refractivity contribution in [3.63, 3.8) is 0 Å². The van der Waals surface area contributed by atoms with Gasteiger partial charge in [0, 0.05) is 29.7 Å². The van der Waals surface area contributed by atoms with Crippen LogP contribution in [0.1, 0.15) is 5.82 Å². The summed E-state index contributed by atoms with van der Waals surface area (Å²) in [6.45, 7) is 1.88. The molecule has 3 rings (SSSR count). The summed E-state index contributed by atoms with van der Waals surface area (Å²) >= 11 is 0. The molecule has 4 heteroatoms. The van der Waals surface area contributed by atoms with Gasteiger partial charge in [0.1, 0.15) is 11.6 Å². The van der Waals surface area contributed by atoms with Gasteiger partial charge >= 0.3 is 0 Å². The lowest BCUT2D eigenvalue weighted by atomic mass is 10.2. The summed E-state index contributed by atoms with van der Waals surface area (Å²) in [7, 11) is 0. The average Bonchev–Trinajstić information content (AvgIpc) is 2.49. The maximum atomic E-state index is 4.45. The van der Waals surface area contributed by atoms with Gasteiger partial charge < -0.3 is 5.32 Å². The van der Waals surface area contributed by atoms with Crippen LogP contribution in [0.2, 0.25) is 0 Å². The van der Waals surface area contributed by atoms with Gasteiger partial charge in [0.2, 0.25) is 0 Å². The number of benzene rings is 1. The zero-order valence-electron chi connectivity index (χ0n) is 11.1. The molecule has 1 N–H and O–H groups in total. The molecule has 0 aliphatic carbocycles. The number of aromatic nitrogens is 3. The zero-order valence-corrected chi connectivity index (χ0v) is 11.1.